The molecule has 2 aromatic rings. The van der Waals surface area contributed by atoms with Gasteiger partial charge in [-0.1, -0.05) is 11.3 Å². The number of aromatic nitrogens is 2. The summed E-state index contributed by atoms with van der Waals surface area (Å²) in [5.41, 5.74) is 4.11. The number of pyridine rings is 1. The van der Waals surface area contributed by atoms with Crippen LogP contribution in [0.4, 0.5) is 24.5 Å². The van der Waals surface area contributed by atoms with Crippen LogP contribution in [0.25, 0.3) is 10.3 Å². The number of nitrogens with two attached hydrogens (primary N) is 1. The van der Waals surface area contributed by atoms with Crippen molar-refractivity contribution in [1.82, 2.24) is 9.97 Å². The van der Waals surface area contributed by atoms with Crippen LogP contribution in [0.3, 0.4) is 0 Å². The molecule has 0 aromatic carbocycles. The second-order valence-electron chi connectivity index (χ2n) is 2.98. The van der Waals surface area contributed by atoms with Gasteiger partial charge in [-0.25, -0.2) is 9.97 Å². The van der Waals surface area contributed by atoms with E-state index in [4.69, 9.17) is 5.73 Å². The standard InChI is InChI=1S/C7H3F3N4O2S/c8-7(9,10)6-13-4-3(11)2(14(15)16)1-12-5(4)17-6/h1H,(H2,11,12). The number of thiazole rings is 1. The Hall–Kier alpha value is -1.97. The topological polar surface area (TPSA) is 94.9 Å². The van der Waals surface area contributed by atoms with E-state index < -0.39 is 27.5 Å². The lowest BCUT2D eigenvalue weighted by atomic mass is 10.3. The fourth-order valence-corrected chi connectivity index (χ4v) is 1.95. The van der Waals surface area contributed by atoms with Crippen molar-refractivity contribution in [3.05, 3.63) is 21.3 Å². The molecule has 0 aliphatic rings. The Balaban J connectivity index is 2.70. The van der Waals surface area contributed by atoms with E-state index in [0.717, 1.165) is 6.20 Å². The van der Waals surface area contributed by atoms with Gasteiger partial charge in [0.1, 0.15) is 22.2 Å². The average Bonchev–Trinajstić information content (AvgIpc) is 2.61. The Morgan fingerprint density at radius 1 is 1.47 bits per heavy atom. The first-order valence-electron chi connectivity index (χ1n) is 4.07. The lowest BCUT2D eigenvalue weighted by Crippen LogP contribution is -2.03. The van der Waals surface area contributed by atoms with Gasteiger partial charge in [0.25, 0.3) is 0 Å². The molecule has 0 spiro atoms. The summed E-state index contributed by atoms with van der Waals surface area (Å²) in [6, 6.07) is 0. The lowest BCUT2D eigenvalue weighted by molar-refractivity contribution is -0.384. The van der Waals surface area contributed by atoms with Crippen LogP contribution in [0, 0.1) is 10.1 Å². The molecular formula is C7H3F3N4O2S. The molecule has 0 saturated heterocycles. The van der Waals surface area contributed by atoms with Crippen molar-refractivity contribution < 1.29 is 18.1 Å². The highest BCUT2D eigenvalue weighted by molar-refractivity contribution is 7.18. The van der Waals surface area contributed by atoms with E-state index in [1.165, 1.54) is 0 Å². The first kappa shape index (κ1) is 11.5. The molecule has 0 unspecified atom stereocenters. The van der Waals surface area contributed by atoms with Crippen LogP contribution < -0.4 is 5.73 Å². The number of hydrogen-bond acceptors (Lipinski definition) is 6. The maximum Gasteiger partial charge on any atom is 0.443 e. The number of rotatable bonds is 1. The lowest BCUT2D eigenvalue weighted by Gasteiger charge is -1.98. The van der Waals surface area contributed by atoms with Crippen molar-refractivity contribution in [2.45, 2.75) is 6.18 Å². The molecule has 2 rings (SSSR count). The van der Waals surface area contributed by atoms with E-state index in [-0.39, 0.29) is 21.7 Å². The normalized spacial score (nSPS) is 11.9. The van der Waals surface area contributed by atoms with E-state index >= 15 is 0 Å². The monoisotopic (exact) mass is 264 g/mol. The Kier molecular flexibility index (Phi) is 2.38. The number of hydrogen-bond donors (Lipinski definition) is 1. The van der Waals surface area contributed by atoms with Crippen LogP contribution in [0.5, 0.6) is 0 Å². The van der Waals surface area contributed by atoms with Gasteiger partial charge in [-0.2, -0.15) is 13.2 Å². The van der Waals surface area contributed by atoms with Crippen LogP contribution in [-0.2, 0) is 6.18 Å². The smallest absolute Gasteiger partial charge is 0.391 e. The van der Waals surface area contributed by atoms with Gasteiger partial charge < -0.3 is 5.73 Å². The molecule has 0 saturated carbocycles. The third-order valence-electron chi connectivity index (χ3n) is 1.88. The van der Waals surface area contributed by atoms with Crippen molar-refractivity contribution in [3.63, 3.8) is 0 Å². The minimum Gasteiger partial charge on any atom is -0.391 e. The molecule has 0 radical (unpaired) electrons. The van der Waals surface area contributed by atoms with Crippen molar-refractivity contribution in [2.24, 2.45) is 0 Å². The molecule has 0 atom stereocenters. The van der Waals surface area contributed by atoms with Crippen molar-refractivity contribution in [2.75, 3.05) is 5.73 Å². The molecule has 0 amide bonds. The minimum absolute atomic E-state index is 0.0829. The number of nitrogens with zero attached hydrogens (tertiary/aromatic N) is 3. The number of fused-ring (bicyclic) bond motifs is 1. The van der Waals surface area contributed by atoms with Crippen LogP contribution in [-0.4, -0.2) is 14.9 Å². The molecule has 17 heavy (non-hydrogen) atoms. The first-order chi connectivity index (χ1) is 7.80. The largest absolute Gasteiger partial charge is 0.443 e. The molecule has 6 nitrogen and oxygen atoms in total. The molecule has 0 aliphatic carbocycles. The SMILES string of the molecule is Nc1c([N+](=O)[O-])cnc2sc(C(F)(F)F)nc12. The van der Waals surface area contributed by atoms with Crippen molar-refractivity contribution in [1.29, 1.82) is 0 Å². The summed E-state index contributed by atoms with van der Waals surface area (Å²) >= 11 is 0.289. The number of halogens is 3. The van der Waals surface area contributed by atoms with Crippen molar-refractivity contribution in [3.8, 4) is 0 Å². The predicted molar refractivity (Wildman–Crippen MR) is 53.5 cm³/mol. The van der Waals surface area contributed by atoms with Crippen LogP contribution in [0.2, 0.25) is 0 Å². The zero-order chi connectivity index (χ0) is 12.8. The molecule has 90 valence electrons. The van der Waals surface area contributed by atoms with Gasteiger partial charge in [0.2, 0.25) is 5.01 Å². The van der Waals surface area contributed by atoms with Gasteiger partial charge in [-0.3, -0.25) is 10.1 Å². The van der Waals surface area contributed by atoms with E-state index in [0.29, 0.717) is 0 Å². The highest BCUT2D eigenvalue weighted by Gasteiger charge is 2.36. The van der Waals surface area contributed by atoms with Crippen LogP contribution in [0.1, 0.15) is 5.01 Å². The molecule has 2 heterocycles. The third-order valence-corrected chi connectivity index (χ3v) is 2.89. The average molecular weight is 264 g/mol. The highest BCUT2D eigenvalue weighted by Crippen LogP contribution is 2.38. The van der Waals surface area contributed by atoms with Crippen LogP contribution >= 0.6 is 11.3 Å². The summed E-state index contributed by atoms with van der Waals surface area (Å²) in [5.74, 6) is 0. The fourth-order valence-electron chi connectivity index (χ4n) is 1.15. The van der Waals surface area contributed by atoms with E-state index in [9.17, 15) is 23.3 Å². The Morgan fingerprint density at radius 2 is 2.12 bits per heavy atom. The van der Waals surface area contributed by atoms with Gasteiger partial charge in [0.05, 0.1) is 4.92 Å². The van der Waals surface area contributed by atoms with Gasteiger partial charge in [0, 0.05) is 0 Å². The zero-order valence-corrected chi connectivity index (χ0v) is 8.67. The van der Waals surface area contributed by atoms with Gasteiger partial charge >= 0.3 is 11.9 Å². The summed E-state index contributed by atoms with van der Waals surface area (Å²) in [5, 5.41) is 9.38. The van der Waals surface area contributed by atoms with E-state index in [1.807, 2.05) is 0 Å². The number of alkyl halides is 3. The number of anilines is 1. The number of nitrogen functional groups attached to an aromatic ring is 1. The molecular weight excluding hydrogens is 261 g/mol. The second-order valence-corrected chi connectivity index (χ2v) is 3.96. The van der Waals surface area contributed by atoms with Gasteiger partial charge in [-0.05, 0) is 0 Å². The van der Waals surface area contributed by atoms with Gasteiger partial charge in [0.15, 0.2) is 0 Å². The molecule has 10 heteroatoms. The molecule has 0 bridgehead atoms. The van der Waals surface area contributed by atoms with E-state index in [2.05, 4.69) is 9.97 Å². The van der Waals surface area contributed by atoms with E-state index in [1.54, 1.807) is 0 Å². The predicted octanol–water partition coefficient (Wildman–Crippen LogP) is 2.20. The summed E-state index contributed by atoms with van der Waals surface area (Å²) in [4.78, 5) is 16.4. The Labute approximate surface area is 95.0 Å². The second kappa shape index (κ2) is 3.52. The van der Waals surface area contributed by atoms with Crippen LogP contribution in [0.15, 0.2) is 6.20 Å². The maximum absolute atomic E-state index is 12.4. The highest BCUT2D eigenvalue weighted by atomic mass is 32.1. The summed E-state index contributed by atoms with van der Waals surface area (Å²) in [7, 11) is 0. The molecule has 2 aromatic heterocycles. The third kappa shape index (κ3) is 1.86. The quantitative estimate of drug-likeness (QED) is 0.629. The Bertz CT molecular complexity index is 609. The summed E-state index contributed by atoms with van der Waals surface area (Å²) in [6.07, 6.45) is -3.80. The molecule has 0 aliphatic heterocycles. The Morgan fingerprint density at radius 3 is 2.65 bits per heavy atom. The van der Waals surface area contributed by atoms with Crippen molar-refractivity contribution >= 4 is 33.1 Å². The van der Waals surface area contributed by atoms with Gasteiger partial charge in [-0.15, -0.1) is 0 Å². The summed E-state index contributed by atoms with van der Waals surface area (Å²) < 4.78 is 37.1. The minimum atomic E-state index is -4.62. The first-order valence-corrected chi connectivity index (χ1v) is 4.89. The number of nitro groups is 1. The maximum atomic E-state index is 12.4. The molecule has 2 N–H and O–H groups in total. The molecule has 0 fully saturated rings. The fraction of sp³-hybridized carbons (Fsp3) is 0.143. The zero-order valence-electron chi connectivity index (χ0n) is 7.85. The summed E-state index contributed by atoms with van der Waals surface area (Å²) in [6.45, 7) is 0.